The van der Waals surface area contributed by atoms with Crippen LogP contribution in [0.25, 0.3) is 5.76 Å². The van der Waals surface area contributed by atoms with Gasteiger partial charge in [-0.1, -0.05) is 25.8 Å². The van der Waals surface area contributed by atoms with Crippen LogP contribution in [0.15, 0.2) is 71.6 Å². The maximum Gasteiger partial charge on any atom is 0.300 e. The Kier molecular flexibility index (Phi) is 7.87. The monoisotopic (exact) mass is 491 g/mol. The number of carbonyl (C=O) groups is 2. The molecule has 0 saturated carbocycles. The molecule has 1 amide bonds. The van der Waals surface area contributed by atoms with Gasteiger partial charge in [0.25, 0.3) is 11.7 Å². The summed E-state index contributed by atoms with van der Waals surface area (Å²) in [6.45, 7) is 5.20. The molecule has 1 unspecified atom stereocenters. The molecular formula is C28H29NO5S. The molecule has 4 rings (SSSR count). The first-order valence-electron chi connectivity index (χ1n) is 11.9. The van der Waals surface area contributed by atoms with Crippen LogP contribution in [0.1, 0.15) is 49.6 Å². The molecule has 0 spiro atoms. The van der Waals surface area contributed by atoms with Crippen LogP contribution < -0.4 is 14.4 Å². The fourth-order valence-electron chi connectivity index (χ4n) is 4.09. The number of amides is 1. The van der Waals surface area contributed by atoms with Crippen LogP contribution >= 0.6 is 11.3 Å². The van der Waals surface area contributed by atoms with Gasteiger partial charge in [-0.3, -0.25) is 14.5 Å². The maximum absolute atomic E-state index is 13.2. The Bertz CT molecular complexity index is 1180. The number of unbranched alkanes of at least 4 members (excludes halogenated alkanes) is 2. The smallest absolute Gasteiger partial charge is 0.300 e. The highest BCUT2D eigenvalue weighted by atomic mass is 32.1. The second-order valence-corrected chi connectivity index (χ2v) is 9.17. The third-order valence-corrected chi connectivity index (χ3v) is 6.75. The number of carbonyl (C=O) groups excluding carboxylic acids is 2. The highest BCUT2D eigenvalue weighted by Crippen LogP contribution is 2.43. The molecule has 2 aromatic carbocycles. The molecule has 1 atom stereocenters. The summed E-state index contributed by atoms with van der Waals surface area (Å²) < 4.78 is 11.3. The second-order valence-electron chi connectivity index (χ2n) is 8.19. The highest BCUT2D eigenvalue weighted by molar-refractivity contribution is 7.10. The van der Waals surface area contributed by atoms with Crippen LogP contribution in [0.5, 0.6) is 11.5 Å². The maximum atomic E-state index is 13.2. The highest BCUT2D eigenvalue weighted by Gasteiger charge is 2.47. The quantitative estimate of drug-likeness (QED) is 0.155. The number of ketones is 1. The van der Waals surface area contributed by atoms with E-state index in [-0.39, 0.29) is 11.3 Å². The number of aliphatic hydroxyl groups is 1. The van der Waals surface area contributed by atoms with E-state index >= 15 is 0 Å². The van der Waals surface area contributed by atoms with Crippen molar-refractivity contribution in [1.29, 1.82) is 0 Å². The zero-order chi connectivity index (χ0) is 24.8. The molecule has 6 nitrogen and oxygen atoms in total. The zero-order valence-electron chi connectivity index (χ0n) is 19.9. The molecule has 7 heteroatoms. The van der Waals surface area contributed by atoms with Gasteiger partial charge in [0.2, 0.25) is 0 Å². The molecule has 0 radical (unpaired) electrons. The number of ether oxygens (including phenoxy) is 2. The number of hydrogen-bond acceptors (Lipinski definition) is 6. The Morgan fingerprint density at radius 3 is 2.26 bits per heavy atom. The van der Waals surface area contributed by atoms with Crippen molar-refractivity contribution < 1.29 is 24.2 Å². The van der Waals surface area contributed by atoms with Gasteiger partial charge in [0.15, 0.2) is 0 Å². The van der Waals surface area contributed by atoms with Crippen LogP contribution in [-0.2, 0) is 9.59 Å². The van der Waals surface area contributed by atoms with E-state index in [1.54, 1.807) is 48.5 Å². The average Bonchev–Trinajstić information content (AvgIpc) is 3.49. The Morgan fingerprint density at radius 1 is 0.943 bits per heavy atom. The van der Waals surface area contributed by atoms with Crippen molar-refractivity contribution in [2.45, 2.75) is 39.2 Å². The average molecular weight is 492 g/mol. The molecule has 3 aromatic rings. The summed E-state index contributed by atoms with van der Waals surface area (Å²) in [5.41, 5.74) is 1.09. The number of nitrogens with zero attached hydrogens (tertiary/aromatic N) is 1. The summed E-state index contributed by atoms with van der Waals surface area (Å²) >= 11 is 1.43. The number of rotatable bonds is 10. The van der Waals surface area contributed by atoms with Gasteiger partial charge in [0.05, 0.1) is 18.8 Å². The molecule has 1 aliphatic rings. The Balaban J connectivity index is 1.68. The van der Waals surface area contributed by atoms with E-state index < -0.39 is 17.7 Å². The fourth-order valence-corrected chi connectivity index (χ4v) is 4.91. The normalized spacial score (nSPS) is 17.1. The minimum Gasteiger partial charge on any atom is -0.507 e. The molecule has 2 heterocycles. The molecule has 35 heavy (non-hydrogen) atoms. The second kappa shape index (κ2) is 11.2. The number of Topliss-reactive ketones (excluding diaryl/α,β-unsaturated/α-hetero) is 1. The van der Waals surface area contributed by atoms with E-state index in [0.717, 1.165) is 24.1 Å². The summed E-state index contributed by atoms with van der Waals surface area (Å²) in [4.78, 5) is 28.6. The predicted octanol–water partition coefficient (Wildman–Crippen LogP) is 6.34. The van der Waals surface area contributed by atoms with Crippen LogP contribution in [0.2, 0.25) is 0 Å². The largest absolute Gasteiger partial charge is 0.507 e. The summed E-state index contributed by atoms with van der Waals surface area (Å²) in [5, 5.41) is 13.1. The molecular weight excluding hydrogens is 462 g/mol. The topological polar surface area (TPSA) is 76.1 Å². The van der Waals surface area contributed by atoms with Gasteiger partial charge in [0, 0.05) is 16.1 Å². The van der Waals surface area contributed by atoms with Crippen LogP contribution in [0.3, 0.4) is 0 Å². The minimum atomic E-state index is -0.724. The van der Waals surface area contributed by atoms with Gasteiger partial charge in [-0.15, -0.1) is 11.3 Å². The van der Waals surface area contributed by atoms with Gasteiger partial charge in [-0.25, -0.2) is 0 Å². The summed E-state index contributed by atoms with van der Waals surface area (Å²) in [7, 11) is 0. The lowest BCUT2D eigenvalue weighted by atomic mass is 9.99. The number of anilines is 1. The van der Waals surface area contributed by atoms with Crippen molar-refractivity contribution in [3.63, 3.8) is 0 Å². The van der Waals surface area contributed by atoms with Gasteiger partial charge in [-0.2, -0.15) is 0 Å². The number of benzene rings is 2. The Labute approximate surface area is 209 Å². The van der Waals surface area contributed by atoms with E-state index in [1.165, 1.54) is 16.2 Å². The van der Waals surface area contributed by atoms with Crippen LogP contribution in [0, 0.1) is 0 Å². The molecule has 1 aromatic heterocycles. The third-order valence-electron chi connectivity index (χ3n) is 5.83. The first kappa shape index (κ1) is 24.5. The van der Waals surface area contributed by atoms with Gasteiger partial charge in [0.1, 0.15) is 23.3 Å². The van der Waals surface area contributed by atoms with Crippen molar-refractivity contribution in [2.24, 2.45) is 0 Å². The fraction of sp³-hybridized carbons (Fsp3) is 0.286. The van der Waals surface area contributed by atoms with Gasteiger partial charge in [-0.05, 0) is 73.3 Å². The zero-order valence-corrected chi connectivity index (χ0v) is 20.7. The molecule has 1 fully saturated rings. The Hall–Kier alpha value is -3.58. The Morgan fingerprint density at radius 2 is 1.63 bits per heavy atom. The van der Waals surface area contributed by atoms with Crippen LogP contribution in [-0.4, -0.2) is 30.0 Å². The van der Waals surface area contributed by atoms with Crippen molar-refractivity contribution in [1.82, 2.24) is 0 Å². The summed E-state index contributed by atoms with van der Waals surface area (Å²) in [6, 6.07) is 17.0. The summed E-state index contributed by atoms with van der Waals surface area (Å²) in [6.07, 6.45) is 3.21. The molecule has 1 N–H and O–H groups in total. The van der Waals surface area contributed by atoms with E-state index in [1.807, 2.05) is 24.4 Å². The minimum absolute atomic E-state index is 0.0722. The molecule has 1 aliphatic heterocycles. The lowest BCUT2D eigenvalue weighted by Gasteiger charge is -2.24. The van der Waals surface area contributed by atoms with Crippen molar-refractivity contribution >= 4 is 34.5 Å². The van der Waals surface area contributed by atoms with Gasteiger partial charge >= 0.3 is 0 Å². The SMILES string of the molecule is CCCCCOc1ccc(/C(O)=C2/C(=O)C(=O)N(c3ccc(OCC)cc3)C2c2cccs2)cc1. The van der Waals surface area contributed by atoms with E-state index in [9.17, 15) is 14.7 Å². The van der Waals surface area contributed by atoms with E-state index in [0.29, 0.717) is 36.0 Å². The van der Waals surface area contributed by atoms with Crippen molar-refractivity contribution in [2.75, 3.05) is 18.1 Å². The standard InChI is InChI=1S/C28H29NO5S/c1-3-5-6-17-34-22-13-9-19(10-14-22)26(30)24-25(23-8-7-18-35-23)29(28(32)27(24)31)20-11-15-21(16-12-20)33-4-2/h7-16,18,25,30H,3-6,17H2,1-2H3/b26-24-. The molecule has 1 saturated heterocycles. The predicted molar refractivity (Wildman–Crippen MR) is 138 cm³/mol. The van der Waals surface area contributed by atoms with E-state index in [2.05, 4.69) is 6.92 Å². The van der Waals surface area contributed by atoms with E-state index in [4.69, 9.17) is 9.47 Å². The molecule has 0 bridgehead atoms. The number of thiophene rings is 1. The first-order valence-corrected chi connectivity index (χ1v) is 12.7. The van der Waals surface area contributed by atoms with Gasteiger partial charge < -0.3 is 14.6 Å². The molecule has 182 valence electrons. The molecule has 0 aliphatic carbocycles. The van der Waals surface area contributed by atoms with Crippen LogP contribution in [0.4, 0.5) is 5.69 Å². The number of hydrogen-bond donors (Lipinski definition) is 1. The number of aliphatic hydroxyl groups excluding tert-OH is 1. The van der Waals surface area contributed by atoms with Crippen molar-refractivity contribution in [3.8, 4) is 11.5 Å². The first-order chi connectivity index (χ1) is 17.0. The van der Waals surface area contributed by atoms with Crippen molar-refractivity contribution in [3.05, 3.63) is 82.1 Å². The lowest BCUT2D eigenvalue weighted by Crippen LogP contribution is -2.29. The lowest BCUT2D eigenvalue weighted by molar-refractivity contribution is -0.132. The summed E-state index contributed by atoms with van der Waals surface area (Å²) in [5.74, 6) is -0.216. The third kappa shape index (κ3) is 5.25.